The fraction of sp³-hybridized carbons (Fsp3) is 0.263. The zero-order valence-electron chi connectivity index (χ0n) is 14.1. The molecule has 4 rings (SSSR count). The summed E-state index contributed by atoms with van der Waals surface area (Å²) in [6.45, 7) is 3.60. The van der Waals surface area contributed by atoms with E-state index in [9.17, 15) is 9.90 Å². The molecule has 1 N–H and O–H groups in total. The van der Waals surface area contributed by atoms with Gasteiger partial charge in [0.1, 0.15) is 10.8 Å². The van der Waals surface area contributed by atoms with E-state index < -0.39 is 0 Å². The van der Waals surface area contributed by atoms with E-state index in [1.54, 1.807) is 22.3 Å². The van der Waals surface area contributed by atoms with Gasteiger partial charge >= 0.3 is 0 Å². The number of carbonyl (C=O) groups is 1. The zero-order valence-corrected chi connectivity index (χ0v) is 15.6. The second kappa shape index (κ2) is 7.23. The molecule has 134 valence electrons. The number of fused-ring (bicyclic) bond motifs is 1. The van der Waals surface area contributed by atoms with Crippen molar-refractivity contribution in [3.63, 3.8) is 0 Å². The van der Waals surface area contributed by atoms with Gasteiger partial charge in [0.2, 0.25) is 0 Å². The molecule has 3 aromatic rings. The predicted octanol–water partition coefficient (Wildman–Crippen LogP) is 3.61. The fourth-order valence-corrected chi connectivity index (χ4v) is 4.32. The Bertz CT molecular complexity index is 918. The van der Waals surface area contributed by atoms with Crippen LogP contribution in [0.3, 0.4) is 0 Å². The van der Waals surface area contributed by atoms with Gasteiger partial charge in [0.05, 0.1) is 22.3 Å². The molecule has 0 spiro atoms. The van der Waals surface area contributed by atoms with Gasteiger partial charge in [-0.05, 0) is 30.3 Å². The number of phenols is 1. The SMILES string of the molecule is O=C(c1cc(Cl)ccc1O)N1CCN(Cc2nc3ccccc3s2)CC1. The lowest BCUT2D eigenvalue weighted by Gasteiger charge is -2.34. The van der Waals surface area contributed by atoms with Crippen LogP contribution in [0.1, 0.15) is 15.4 Å². The van der Waals surface area contributed by atoms with Crippen molar-refractivity contribution in [2.75, 3.05) is 26.2 Å². The lowest BCUT2D eigenvalue weighted by Crippen LogP contribution is -2.48. The van der Waals surface area contributed by atoms with E-state index in [-0.39, 0.29) is 17.2 Å². The summed E-state index contributed by atoms with van der Waals surface area (Å²) in [5.41, 5.74) is 1.30. The Kier molecular flexibility index (Phi) is 4.80. The Morgan fingerprint density at radius 2 is 1.92 bits per heavy atom. The molecule has 0 saturated carbocycles. The summed E-state index contributed by atoms with van der Waals surface area (Å²) in [6, 6.07) is 12.7. The summed E-state index contributed by atoms with van der Waals surface area (Å²) in [5, 5.41) is 11.5. The van der Waals surface area contributed by atoms with Crippen molar-refractivity contribution < 1.29 is 9.90 Å². The van der Waals surface area contributed by atoms with Gasteiger partial charge in [0.15, 0.2) is 0 Å². The molecule has 2 heterocycles. The monoisotopic (exact) mass is 387 g/mol. The molecular weight excluding hydrogens is 370 g/mol. The zero-order chi connectivity index (χ0) is 18.1. The van der Waals surface area contributed by atoms with Crippen LogP contribution in [0.5, 0.6) is 5.75 Å². The highest BCUT2D eigenvalue weighted by atomic mass is 35.5. The van der Waals surface area contributed by atoms with Gasteiger partial charge in [-0.1, -0.05) is 23.7 Å². The maximum absolute atomic E-state index is 12.6. The third-order valence-corrected chi connectivity index (χ3v) is 5.80. The number of thiazole rings is 1. The van der Waals surface area contributed by atoms with E-state index in [0.29, 0.717) is 18.1 Å². The van der Waals surface area contributed by atoms with Crippen molar-refractivity contribution in [3.05, 3.63) is 58.1 Å². The molecule has 26 heavy (non-hydrogen) atoms. The predicted molar refractivity (Wildman–Crippen MR) is 104 cm³/mol. The van der Waals surface area contributed by atoms with Gasteiger partial charge in [-0.15, -0.1) is 11.3 Å². The average molecular weight is 388 g/mol. The summed E-state index contributed by atoms with van der Waals surface area (Å²) >= 11 is 7.67. The molecule has 5 nitrogen and oxygen atoms in total. The minimum Gasteiger partial charge on any atom is -0.507 e. The molecule has 1 fully saturated rings. The standard InChI is InChI=1S/C19H18ClN3O2S/c20-13-5-6-16(24)14(11-13)19(25)23-9-7-22(8-10-23)12-18-21-15-3-1-2-4-17(15)26-18/h1-6,11,24H,7-10,12H2. The molecule has 1 aliphatic heterocycles. The minimum absolute atomic E-state index is 0.0312. The first-order valence-electron chi connectivity index (χ1n) is 8.45. The molecule has 0 radical (unpaired) electrons. The summed E-state index contributed by atoms with van der Waals surface area (Å²) in [5.74, 6) is -0.207. The van der Waals surface area contributed by atoms with Crippen LogP contribution in [0.15, 0.2) is 42.5 Å². The van der Waals surface area contributed by atoms with Gasteiger partial charge in [-0.25, -0.2) is 4.98 Å². The first kappa shape index (κ1) is 17.3. The van der Waals surface area contributed by atoms with Crippen molar-refractivity contribution in [2.45, 2.75) is 6.54 Å². The van der Waals surface area contributed by atoms with Crippen LogP contribution in [0.2, 0.25) is 5.02 Å². The smallest absolute Gasteiger partial charge is 0.257 e. The number of halogens is 1. The van der Waals surface area contributed by atoms with Crippen molar-refractivity contribution in [3.8, 4) is 5.75 Å². The molecule has 1 amide bonds. The molecule has 0 unspecified atom stereocenters. The van der Waals surface area contributed by atoms with Gasteiger partial charge in [0.25, 0.3) is 5.91 Å². The topological polar surface area (TPSA) is 56.7 Å². The maximum Gasteiger partial charge on any atom is 0.257 e. The number of aromatic hydroxyl groups is 1. The number of hydrogen-bond donors (Lipinski definition) is 1. The third-order valence-electron chi connectivity index (χ3n) is 4.55. The summed E-state index contributed by atoms with van der Waals surface area (Å²) in [7, 11) is 0. The van der Waals surface area contributed by atoms with Crippen LogP contribution >= 0.6 is 22.9 Å². The number of nitrogens with zero attached hydrogens (tertiary/aromatic N) is 3. The average Bonchev–Trinajstić information content (AvgIpc) is 3.06. The van der Waals surface area contributed by atoms with Crippen molar-refractivity contribution in [1.82, 2.24) is 14.8 Å². The minimum atomic E-state index is -0.176. The number of rotatable bonds is 3. The molecule has 0 aliphatic carbocycles. The Morgan fingerprint density at radius 3 is 2.69 bits per heavy atom. The quantitative estimate of drug-likeness (QED) is 0.745. The Hall–Kier alpha value is -2.15. The molecule has 1 aliphatic rings. The van der Waals surface area contributed by atoms with Crippen molar-refractivity contribution in [2.24, 2.45) is 0 Å². The molecule has 1 aromatic heterocycles. The van der Waals surface area contributed by atoms with Crippen LogP contribution in [0.4, 0.5) is 0 Å². The van der Waals surface area contributed by atoms with Crippen LogP contribution in [0, 0.1) is 0 Å². The lowest BCUT2D eigenvalue weighted by atomic mass is 10.1. The van der Waals surface area contributed by atoms with E-state index in [2.05, 4.69) is 16.0 Å². The number of hydrogen-bond acceptors (Lipinski definition) is 5. The highest BCUT2D eigenvalue weighted by Crippen LogP contribution is 2.25. The van der Waals surface area contributed by atoms with Gasteiger partial charge < -0.3 is 10.0 Å². The number of aromatic nitrogens is 1. The van der Waals surface area contributed by atoms with E-state index in [0.717, 1.165) is 30.2 Å². The number of para-hydroxylation sites is 1. The molecule has 0 bridgehead atoms. The lowest BCUT2D eigenvalue weighted by molar-refractivity contribution is 0.0625. The van der Waals surface area contributed by atoms with Crippen LogP contribution in [-0.2, 0) is 6.54 Å². The van der Waals surface area contributed by atoms with Crippen molar-refractivity contribution in [1.29, 1.82) is 0 Å². The van der Waals surface area contributed by atoms with Crippen molar-refractivity contribution >= 4 is 39.1 Å². The molecule has 0 atom stereocenters. The van der Waals surface area contributed by atoms with E-state index in [1.165, 1.54) is 16.8 Å². The number of phenolic OH excluding ortho intramolecular Hbond substituents is 1. The molecule has 1 saturated heterocycles. The highest BCUT2D eigenvalue weighted by molar-refractivity contribution is 7.18. The van der Waals surface area contributed by atoms with Crippen LogP contribution in [-0.4, -0.2) is 52.0 Å². The first-order chi connectivity index (χ1) is 12.6. The Morgan fingerprint density at radius 1 is 1.15 bits per heavy atom. The van der Waals surface area contributed by atoms with E-state index in [1.807, 2.05) is 18.2 Å². The highest BCUT2D eigenvalue weighted by Gasteiger charge is 2.24. The van der Waals surface area contributed by atoms with Crippen LogP contribution < -0.4 is 0 Å². The Balaban J connectivity index is 1.39. The number of amides is 1. The maximum atomic E-state index is 12.6. The summed E-state index contributed by atoms with van der Waals surface area (Å²) in [6.07, 6.45) is 0. The van der Waals surface area contributed by atoms with Gasteiger partial charge in [0, 0.05) is 31.2 Å². The number of piperazine rings is 1. The third kappa shape index (κ3) is 3.53. The largest absolute Gasteiger partial charge is 0.507 e. The van der Waals surface area contributed by atoms with E-state index in [4.69, 9.17) is 11.6 Å². The summed E-state index contributed by atoms with van der Waals surface area (Å²) in [4.78, 5) is 21.4. The Labute approximate surface area is 160 Å². The fourth-order valence-electron chi connectivity index (χ4n) is 3.14. The van der Waals surface area contributed by atoms with Gasteiger partial charge in [-0.2, -0.15) is 0 Å². The first-order valence-corrected chi connectivity index (χ1v) is 9.64. The normalized spacial score (nSPS) is 15.5. The van der Waals surface area contributed by atoms with Gasteiger partial charge in [-0.3, -0.25) is 9.69 Å². The van der Waals surface area contributed by atoms with Crippen LogP contribution in [0.25, 0.3) is 10.2 Å². The molecule has 7 heteroatoms. The number of carbonyl (C=O) groups excluding carboxylic acids is 1. The summed E-state index contributed by atoms with van der Waals surface area (Å²) < 4.78 is 1.20. The molecular formula is C19H18ClN3O2S. The second-order valence-electron chi connectivity index (χ2n) is 6.31. The number of benzene rings is 2. The molecule has 2 aromatic carbocycles. The van der Waals surface area contributed by atoms with E-state index >= 15 is 0 Å². The second-order valence-corrected chi connectivity index (χ2v) is 7.86.